The fourth-order valence-electron chi connectivity index (χ4n) is 3.17. The minimum Gasteiger partial charge on any atom is -0.482 e. The zero-order valence-electron chi connectivity index (χ0n) is 12.7. The lowest BCUT2D eigenvalue weighted by Crippen LogP contribution is -2.38. The van der Waals surface area contributed by atoms with E-state index < -0.39 is 0 Å². The highest BCUT2D eigenvalue weighted by molar-refractivity contribution is 7.10. The largest absolute Gasteiger partial charge is 0.482 e. The molecule has 2 aromatic rings. The summed E-state index contributed by atoms with van der Waals surface area (Å²) >= 11 is 1.76. The Labute approximate surface area is 137 Å². The predicted molar refractivity (Wildman–Crippen MR) is 88.0 cm³/mol. The van der Waals surface area contributed by atoms with Crippen LogP contribution in [0.4, 0.5) is 5.69 Å². The van der Waals surface area contributed by atoms with Gasteiger partial charge in [0.1, 0.15) is 5.75 Å². The Morgan fingerprint density at radius 2 is 2.26 bits per heavy atom. The lowest BCUT2D eigenvalue weighted by atomic mass is 10.00. The van der Waals surface area contributed by atoms with E-state index in [2.05, 4.69) is 23.7 Å². The fourth-order valence-corrected chi connectivity index (χ4v) is 4.13. The normalized spacial score (nSPS) is 19.4. The van der Waals surface area contributed by atoms with Crippen molar-refractivity contribution in [3.8, 4) is 5.75 Å². The van der Waals surface area contributed by atoms with Crippen LogP contribution in [0.2, 0.25) is 0 Å². The highest BCUT2D eigenvalue weighted by Gasteiger charge is 2.29. The van der Waals surface area contributed by atoms with Crippen molar-refractivity contribution in [1.82, 2.24) is 4.90 Å². The molecule has 0 radical (unpaired) electrons. The summed E-state index contributed by atoms with van der Waals surface area (Å²) in [5.74, 6) is 0.390. The van der Waals surface area contributed by atoms with E-state index in [4.69, 9.17) is 4.74 Å². The highest BCUT2D eigenvalue weighted by atomic mass is 32.1. The molecule has 118 valence electrons. The van der Waals surface area contributed by atoms with Crippen LogP contribution >= 0.6 is 11.3 Å². The van der Waals surface area contributed by atoms with Gasteiger partial charge < -0.3 is 15.0 Å². The molecule has 2 aliphatic heterocycles. The van der Waals surface area contributed by atoms with E-state index in [9.17, 15) is 9.59 Å². The Bertz CT molecular complexity index is 799. The number of nitrogens with one attached hydrogen (secondary N) is 1. The zero-order chi connectivity index (χ0) is 16.0. The zero-order valence-corrected chi connectivity index (χ0v) is 13.5. The monoisotopic (exact) mass is 328 g/mol. The number of hydrogen-bond donors (Lipinski definition) is 1. The van der Waals surface area contributed by atoms with Crippen LogP contribution in [-0.2, 0) is 11.2 Å². The molecular formula is C17H16N2O3S. The van der Waals surface area contributed by atoms with E-state index in [-0.39, 0.29) is 24.5 Å². The number of fused-ring (bicyclic) bond motifs is 2. The second kappa shape index (κ2) is 5.38. The van der Waals surface area contributed by atoms with E-state index in [1.54, 1.807) is 29.5 Å². The molecule has 3 heterocycles. The topological polar surface area (TPSA) is 58.6 Å². The molecule has 23 heavy (non-hydrogen) atoms. The molecule has 0 fully saturated rings. The second-order valence-corrected chi connectivity index (χ2v) is 6.77. The number of carbonyl (C=O) groups is 2. The number of amides is 2. The molecule has 0 unspecified atom stereocenters. The van der Waals surface area contributed by atoms with Crippen LogP contribution in [0, 0.1) is 0 Å². The molecule has 1 atom stereocenters. The molecular weight excluding hydrogens is 312 g/mol. The molecule has 0 spiro atoms. The maximum atomic E-state index is 12.9. The van der Waals surface area contributed by atoms with Gasteiger partial charge in [-0.15, -0.1) is 11.3 Å². The summed E-state index contributed by atoms with van der Waals surface area (Å²) in [5.41, 5.74) is 2.37. The Morgan fingerprint density at radius 1 is 1.39 bits per heavy atom. The summed E-state index contributed by atoms with van der Waals surface area (Å²) in [6.07, 6.45) is 0.897. The lowest BCUT2D eigenvalue weighted by molar-refractivity contribution is -0.118. The number of benzene rings is 1. The minimum absolute atomic E-state index is 0.0167. The summed E-state index contributed by atoms with van der Waals surface area (Å²) in [7, 11) is 0. The van der Waals surface area contributed by atoms with E-state index in [1.165, 1.54) is 10.4 Å². The number of ether oxygens (including phenoxy) is 1. The van der Waals surface area contributed by atoms with Gasteiger partial charge in [-0.2, -0.15) is 0 Å². The molecule has 0 aliphatic carbocycles. The summed E-state index contributed by atoms with van der Waals surface area (Å²) < 4.78 is 5.34. The van der Waals surface area contributed by atoms with Crippen LogP contribution in [0.1, 0.15) is 33.8 Å². The second-order valence-electron chi connectivity index (χ2n) is 5.77. The SMILES string of the molecule is C[C@@H]1c2ccsc2CCN1C(=O)c1ccc2c(c1)NC(=O)CO2. The first kappa shape index (κ1) is 14.3. The van der Waals surface area contributed by atoms with Gasteiger partial charge in [-0.05, 0) is 48.6 Å². The summed E-state index contributed by atoms with van der Waals surface area (Å²) in [6.45, 7) is 2.80. The number of hydrogen-bond acceptors (Lipinski definition) is 4. The van der Waals surface area contributed by atoms with Gasteiger partial charge in [-0.25, -0.2) is 0 Å². The number of thiophene rings is 1. The third-order valence-electron chi connectivity index (χ3n) is 4.40. The maximum Gasteiger partial charge on any atom is 0.262 e. The van der Waals surface area contributed by atoms with Crippen LogP contribution in [0.15, 0.2) is 29.6 Å². The van der Waals surface area contributed by atoms with Crippen LogP contribution in [0.25, 0.3) is 0 Å². The average molecular weight is 328 g/mol. The first-order chi connectivity index (χ1) is 11.1. The van der Waals surface area contributed by atoms with Crippen LogP contribution in [0.3, 0.4) is 0 Å². The molecule has 0 saturated heterocycles. The van der Waals surface area contributed by atoms with Crippen molar-refractivity contribution in [2.45, 2.75) is 19.4 Å². The Hall–Kier alpha value is -2.34. The molecule has 5 nitrogen and oxygen atoms in total. The van der Waals surface area contributed by atoms with E-state index in [0.29, 0.717) is 23.5 Å². The number of carbonyl (C=O) groups excluding carboxylic acids is 2. The molecule has 0 saturated carbocycles. The fraction of sp³-hybridized carbons (Fsp3) is 0.294. The number of rotatable bonds is 1. The maximum absolute atomic E-state index is 12.9. The molecule has 1 N–H and O–H groups in total. The van der Waals surface area contributed by atoms with Crippen molar-refractivity contribution in [2.75, 3.05) is 18.5 Å². The minimum atomic E-state index is -0.198. The van der Waals surface area contributed by atoms with Crippen LogP contribution in [-0.4, -0.2) is 29.9 Å². The molecule has 2 aliphatic rings. The van der Waals surface area contributed by atoms with Gasteiger partial charge >= 0.3 is 0 Å². The Morgan fingerprint density at radius 3 is 3.13 bits per heavy atom. The number of anilines is 1. The van der Waals surface area contributed by atoms with Gasteiger partial charge in [0, 0.05) is 17.0 Å². The van der Waals surface area contributed by atoms with Gasteiger partial charge in [0.25, 0.3) is 11.8 Å². The molecule has 4 rings (SSSR count). The van der Waals surface area contributed by atoms with Gasteiger partial charge in [0.05, 0.1) is 11.7 Å². The van der Waals surface area contributed by atoms with E-state index in [0.717, 1.165) is 6.42 Å². The molecule has 1 aromatic heterocycles. The summed E-state index contributed by atoms with van der Waals surface area (Å²) in [5, 5.41) is 4.83. The van der Waals surface area contributed by atoms with Crippen LogP contribution in [0.5, 0.6) is 5.75 Å². The van der Waals surface area contributed by atoms with Crippen molar-refractivity contribution in [3.63, 3.8) is 0 Å². The van der Waals surface area contributed by atoms with Gasteiger partial charge in [-0.3, -0.25) is 9.59 Å². The van der Waals surface area contributed by atoms with E-state index in [1.807, 2.05) is 4.90 Å². The smallest absolute Gasteiger partial charge is 0.262 e. The highest BCUT2D eigenvalue weighted by Crippen LogP contribution is 2.35. The third kappa shape index (κ3) is 2.39. The van der Waals surface area contributed by atoms with Crippen molar-refractivity contribution < 1.29 is 14.3 Å². The quantitative estimate of drug-likeness (QED) is 0.876. The van der Waals surface area contributed by atoms with Gasteiger partial charge in [-0.1, -0.05) is 0 Å². The van der Waals surface area contributed by atoms with Crippen molar-refractivity contribution in [3.05, 3.63) is 45.6 Å². The average Bonchev–Trinajstić information content (AvgIpc) is 3.03. The summed E-state index contributed by atoms with van der Waals surface area (Å²) in [4.78, 5) is 27.6. The summed E-state index contributed by atoms with van der Waals surface area (Å²) in [6, 6.07) is 7.37. The third-order valence-corrected chi connectivity index (χ3v) is 5.39. The van der Waals surface area contributed by atoms with Crippen LogP contribution < -0.4 is 10.1 Å². The molecule has 6 heteroatoms. The molecule has 0 bridgehead atoms. The van der Waals surface area contributed by atoms with Crippen molar-refractivity contribution >= 4 is 28.8 Å². The Balaban J connectivity index is 1.63. The predicted octanol–water partition coefficient (Wildman–Crippen LogP) is 2.84. The lowest BCUT2D eigenvalue weighted by Gasteiger charge is -2.34. The van der Waals surface area contributed by atoms with Crippen molar-refractivity contribution in [1.29, 1.82) is 0 Å². The Kier molecular flexibility index (Phi) is 3.34. The van der Waals surface area contributed by atoms with E-state index >= 15 is 0 Å². The molecule has 2 amide bonds. The number of nitrogens with zero attached hydrogens (tertiary/aromatic N) is 1. The first-order valence-electron chi connectivity index (χ1n) is 7.57. The van der Waals surface area contributed by atoms with Crippen molar-refractivity contribution in [2.24, 2.45) is 0 Å². The standard InChI is InChI=1S/C17H16N2O3S/c1-10-12-5-7-23-15(12)4-6-19(10)17(21)11-2-3-14-13(8-11)18-16(20)9-22-14/h2-3,5,7-8,10H,4,6,9H2,1H3,(H,18,20)/t10-/m1/s1. The first-order valence-corrected chi connectivity index (χ1v) is 8.45. The van der Waals surface area contributed by atoms with Gasteiger partial charge in [0.2, 0.25) is 0 Å². The molecule has 1 aromatic carbocycles. The van der Waals surface area contributed by atoms with Gasteiger partial charge in [0.15, 0.2) is 6.61 Å².